The molecule has 0 fully saturated rings. The van der Waals surface area contributed by atoms with Gasteiger partial charge >= 0.3 is 0 Å². The van der Waals surface area contributed by atoms with Crippen LogP contribution >= 0.6 is 0 Å². The van der Waals surface area contributed by atoms with E-state index in [1.54, 1.807) is 6.20 Å². The molecule has 6 aromatic rings. The molecule has 0 amide bonds. The van der Waals surface area contributed by atoms with Crippen molar-refractivity contribution < 1.29 is 0 Å². The third kappa shape index (κ3) is 4.97. The van der Waals surface area contributed by atoms with E-state index < -0.39 is 0 Å². The van der Waals surface area contributed by atoms with Crippen molar-refractivity contribution in [3.63, 3.8) is 0 Å². The number of nitrogens with one attached hydrogen (secondary N) is 1. The Balaban J connectivity index is 1.33. The summed E-state index contributed by atoms with van der Waals surface area (Å²) in [5, 5.41) is 0. The predicted molar refractivity (Wildman–Crippen MR) is 155 cm³/mol. The summed E-state index contributed by atoms with van der Waals surface area (Å²) in [5.41, 5.74) is 9.72. The molecule has 0 aliphatic rings. The van der Waals surface area contributed by atoms with Gasteiger partial charge in [0.2, 0.25) is 0 Å². The zero-order valence-corrected chi connectivity index (χ0v) is 21.5. The Morgan fingerprint density at radius 2 is 1.55 bits per heavy atom. The minimum Gasteiger partial charge on any atom is -0.339 e. The molecule has 4 aromatic heterocycles. The normalized spacial score (nSPS) is 11.3. The van der Waals surface area contributed by atoms with Gasteiger partial charge in [-0.05, 0) is 60.0 Å². The molecule has 6 nitrogen and oxygen atoms in total. The summed E-state index contributed by atoms with van der Waals surface area (Å²) in [7, 11) is 2.12. The van der Waals surface area contributed by atoms with Gasteiger partial charge in [-0.2, -0.15) is 0 Å². The van der Waals surface area contributed by atoms with E-state index in [1.165, 1.54) is 16.7 Å². The second-order valence-corrected chi connectivity index (χ2v) is 9.50. The standard InChI is InChI=1S/C31H27BN6/c1-21-9-7-14-27(34-21)30-31(28-17-16-25-26(35-28)15-8-18-33-25)37-29(36-30)20-38(32)19-23-12-5-6-13-24(23)22-10-3-2-4-11-22/h2-18H,19-20,32H2,1H3,(H,36,37). The van der Waals surface area contributed by atoms with Crippen LogP contribution in [0, 0.1) is 6.92 Å². The van der Waals surface area contributed by atoms with Crippen molar-refractivity contribution in [1.29, 1.82) is 0 Å². The van der Waals surface area contributed by atoms with Crippen molar-refractivity contribution in [3.05, 3.63) is 120 Å². The second kappa shape index (κ2) is 10.4. The number of aromatic nitrogens is 5. The van der Waals surface area contributed by atoms with E-state index in [1.807, 2.05) is 55.5 Å². The molecule has 38 heavy (non-hydrogen) atoms. The van der Waals surface area contributed by atoms with Gasteiger partial charge in [-0.25, -0.2) is 9.97 Å². The van der Waals surface area contributed by atoms with Crippen LogP contribution in [0.15, 0.2) is 103 Å². The van der Waals surface area contributed by atoms with E-state index in [0.29, 0.717) is 6.54 Å². The lowest BCUT2D eigenvalue weighted by atomic mass is 9.99. The number of hydrogen-bond donors (Lipinski definition) is 1. The molecule has 7 heteroatoms. The fraction of sp³-hybridized carbons (Fsp3) is 0.0968. The molecule has 0 aliphatic heterocycles. The number of hydrogen-bond acceptors (Lipinski definition) is 5. The maximum atomic E-state index is 5.02. The molecule has 1 N–H and O–H groups in total. The Morgan fingerprint density at radius 3 is 2.42 bits per heavy atom. The molecule has 0 saturated heterocycles. The number of fused-ring (bicyclic) bond motifs is 1. The fourth-order valence-corrected chi connectivity index (χ4v) is 4.80. The summed E-state index contributed by atoms with van der Waals surface area (Å²) >= 11 is 0. The van der Waals surface area contributed by atoms with Gasteiger partial charge in [0.1, 0.15) is 11.5 Å². The molecule has 0 unspecified atom stereocenters. The maximum Gasteiger partial charge on any atom is 0.186 e. The SMILES string of the molecule is BN(Cc1nc(-c2cccc(C)n2)c(-c2ccc3ncccc3n2)[nH]1)Cc1ccccc1-c1ccccc1. The molecule has 0 bridgehead atoms. The second-order valence-electron chi connectivity index (χ2n) is 9.50. The Hall–Kier alpha value is -4.62. The Kier molecular flexibility index (Phi) is 6.50. The van der Waals surface area contributed by atoms with Crippen LogP contribution < -0.4 is 0 Å². The van der Waals surface area contributed by atoms with Gasteiger partial charge < -0.3 is 9.79 Å². The molecule has 0 aliphatic carbocycles. The van der Waals surface area contributed by atoms with Gasteiger partial charge in [0, 0.05) is 25.0 Å². The van der Waals surface area contributed by atoms with Gasteiger partial charge in [0.25, 0.3) is 0 Å². The molecule has 0 saturated carbocycles. The van der Waals surface area contributed by atoms with Gasteiger partial charge in [0.05, 0.1) is 28.1 Å². The van der Waals surface area contributed by atoms with Crippen LogP contribution in [0.25, 0.3) is 44.9 Å². The fourth-order valence-electron chi connectivity index (χ4n) is 4.80. The highest BCUT2D eigenvalue weighted by Crippen LogP contribution is 2.30. The molecular formula is C31H27BN6. The van der Waals surface area contributed by atoms with Crippen LogP contribution in [-0.2, 0) is 13.1 Å². The Labute approximate surface area is 222 Å². The van der Waals surface area contributed by atoms with Crippen LogP contribution in [0.5, 0.6) is 0 Å². The highest BCUT2D eigenvalue weighted by Gasteiger charge is 2.18. The molecule has 2 aromatic carbocycles. The van der Waals surface area contributed by atoms with Crippen LogP contribution in [-0.4, -0.2) is 37.7 Å². The minimum absolute atomic E-state index is 0.650. The first-order chi connectivity index (χ1) is 18.6. The van der Waals surface area contributed by atoms with E-state index in [-0.39, 0.29) is 0 Å². The van der Waals surface area contributed by atoms with Crippen molar-refractivity contribution in [1.82, 2.24) is 29.7 Å². The van der Waals surface area contributed by atoms with E-state index >= 15 is 0 Å². The van der Waals surface area contributed by atoms with Crippen molar-refractivity contribution in [2.75, 3.05) is 0 Å². The summed E-state index contributed by atoms with van der Waals surface area (Å²) in [6.07, 6.45) is 1.78. The lowest BCUT2D eigenvalue weighted by molar-refractivity contribution is 0.433. The van der Waals surface area contributed by atoms with E-state index in [9.17, 15) is 0 Å². The predicted octanol–water partition coefficient (Wildman–Crippen LogP) is 5.61. The lowest BCUT2D eigenvalue weighted by Gasteiger charge is -2.18. The zero-order valence-electron chi connectivity index (χ0n) is 21.5. The number of aryl methyl sites for hydroxylation is 1. The molecule has 6 rings (SSSR count). The Bertz CT molecular complexity index is 1710. The van der Waals surface area contributed by atoms with Crippen LogP contribution in [0.3, 0.4) is 0 Å². The maximum absolute atomic E-state index is 5.02. The summed E-state index contributed by atoms with van der Waals surface area (Å²) in [6, 6.07) is 33.0. The summed E-state index contributed by atoms with van der Waals surface area (Å²) in [6.45, 7) is 3.44. The summed E-state index contributed by atoms with van der Waals surface area (Å²) in [4.78, 5) is 24.9. The van der Waals surface area contributed by atoms with E-state index in [2.05, 4.69) is 71.3 Å². The average Bonchev–Trinajstić information content (AvgIpc) is 3.37. The molecular weight excluding hydrogens is 467 g/mol. The third-order valence-corrected chi connectivity index (χ3v) is 6.56. The zero-order chi connectivity index (χ0) is 25.9. The third-order valence-electron chi connectivity index (χ3n) is 6.56. The number of nitrogens with zero attached hydrogens (tertiary/aromatic N) is 5. The Morgan fingerprint density at radius 1 is 0.711 bits per heavy atom. The molecule has 0 spiro atoms. The number of H-pyrrole nitrogens is 1. The van der Waals surface area contributed by atoms with Crippen LogP contribution in [0.1, 0.15) is 17.1 Å². The average molecular weight is 494 g/mol. The number of rotatable bonds is 7. The lowest BCUT2D eigenvalue weighted by Crippen LogP contribution is -2.20. The van der Waals surface area contributed by atoms with Gasteiger partial charge in [-0.1, -0.05) is 60.7 Å². The highest BCUT2D eigenvalue weighted by molar-refractivity contribution is 6.04. The monoisotopic (exact) mass is 494 g/mol. The van der Waals surface area contributed by atoms with Crippen molar-refractivity contribution in [2.24, 2.45) is 0 Å². The molecule has 0 atom stereocenters. The smallest absolute Gasteiger partial charge is 0.186 e. The van der Waals surface area contributed by atoms with Crippen molar-refractivity contribution >= 4 is 19.0 Å². The highest BCUT2D eigenvalue weighted by atomic mass is 15.1. The van der Waals surface area contributed by atoms with Crippen molar-refractivity contribution in [2.45, 2.75) is 20.0 Å². The number of pyridine rings is 3. The summed E-state index contributed by atoms with van der Waals surface area (Å²) < 4.78 is 0. The number of aromatic amines is 1. The largest absolute Gasteiger partial charge is 0.339 e. The van der Waals surface area contributed by atoms with Gasteiger partial charge in [0.15, 0.2) is 7.98 Å². The van der Waals surface area contributed by atoms with Crippen LogP contribution in [0.2, 0.25) is 0 Å². The topological polar surface area (TPSA) is 70.6 Å². The first-order valence-corrected chi connectivity index (χ1v) is 12.7. The van der Waals surface area contributed by atoms with Gasteiger partial charge in [-0.15, -0.1) is 0 Å². The number of benzene rings is 2. The molecule has 4 heterocycles. The summed E-state index contributed by atoms with van der Waals surface area (Å²) in [5.74, 6) is 0.867. The van der Waals surface area contributed by atoms with Gasteiger partial charge in [-0.3, -0.25) is 9.97 Å². The van der Waals surface area contributed by atoms with E-state index in [4.69, 9.17) is 15.0 Å². The first-order valence-electron chi connectivity index (χ1n) is 12.7. The molecule has 0 radical (unpaired) electrons. The minimum atomic E-state index is 0.650. The van der Waals surface area contributed by atoms with Crippen molar-refractivity contribution in [3.8, 4) is 33.9 Å². The van der Waals surface area contributed by atoms with Crippen LogP contribution in [0.4, 0.5) is 0 Å². The van der Waals surface area contributed by atoms with E-state index in [0.717, 1.165) is 51.9 Å². The number of imidazole rings is 1. The molecule has 184 valence electrons. The first kappa shape index (κ1) is 23.8. The quantitative estimate of drug-likeness (QED) is 0.292.